The van der Waals surface area contributed by atoms with Gasteiger partial charge in [0.05, 0.1) is 0 Å². The van der Waals surface area contributed by atoms with Gasteiger partial charge >= 0.3 is 6.09 Å². The summed E-state index contributed by atoms with van der Waals surface area (Å²) in [5.41, 5.74) is 0.446. The molecule has 1 aliphatic rings. The quantitative estimate of drug-likeness (QED) is 0.0833. The van der Waals surface area contributed by atoms with Gasteiger partial charge in [-0.3, -0.25) is 25.0 Å². The van der Waals surface area contributed by atoms with Crippen LogP contribution in [0.2, 0.25) is 0 Å². The minimum atomic E-state index is -0.697. The van der Waals surface area contributed by atoms with Crippen molar-refractivity contribution >= 4 is 29.7 Å². The molecule has 13 heteroatoms. The minimum absolute atomic E-state index is 0.0439. The van der Waals surface area contributed by atoms with Gasteiger partial charge in [0.2, 0.25) is 5.91 Å². The fourth-order valence-electron chi connectivity index (χ4n) is 5.00. The second-order valence-electron chi connectivity index (χ2n) is 12.4. The number of nitrogens with one attached hydrogen (secondary N) is 4. The SMILES string of the molecule is CNC(=O)c1ccc(Oc2cc(Oc3ccc(C(=N)N(O)C(C)=O)cc3)cc(C(=O)NC3CCC(NC(=O)OC(C)(C)C)CC3)c2)cc1. The zero-order valence-corrected chi connectivity index (χ0v) is 27.6. The number of amidine groups is 1. The number of carbonyl (C=O) groups is 4. The van der Waals surface area contributed by atoms with Gasteiger partial charge in [0.15, 0.2) is 5.84 Å². The van der Waals surface area contributed by atoms with Crippen LogP contribution in [0, 0.1) is 5.41 Å². The fraction of sp³-hybridized carbons (Fsp3) is 0.343. The third-order valence-corrected chi connectivity index (χ3v) is 7.38. The highest BCUT2D eigenvalue weighted by Crippen LogP contribution is 2.31. The number of ether oxygens (including phenoxy) is 3. The van der Waals surface area contributed by atoms with Crippen molar-refractivity contribution in [3.05, 3.63) is 83.4 Å². The van der Waals surface area contributed by atoms with E-state index >= 15 is 0 Å². The van der Waals surface area contributed by atoms with Crippen LogP contribution in [0.5, 0.6) is 23.0 Å². The van der Waals surface area contributed by atoms with Crippen LogP contribution in [0.3, 0.4) is 0 Å². The predicted octanol–water partition coefficient (Wildman–Crippen LogP) is 5.76. The normalized spacial score (nSPS) is 15.8. The van der Waals surface area contributed by atoms with Crippen molar-refractivity contribution in [2.75, 3.05) is 7.05 Å². The third-order valence-electron chi connectivity index (χ3n) is 7.38. The van der Waals surface area contributed by atoms with E-state index in [0.29, 0.717) is 54.2 Å². The van der Waals surface area contributed by atoms with Gasteiger partial charge in [0.1, 0.15) is 28.6 Å². The Morgan fingerprint density at radius 1 is 0.729 bits per heavy atom. The van der Waals surface area contributed by atoms with Crippen LogP contribution >= 0.6 is 0 Å². The molecule has 254 valence electrons. The lowest BCUT2D eigenvalue weighted by atomic mass is 9.91. The maximum Gasteiger partial charge on any atom is 0.407 e. The lowest BCUT2D eigenvalue weighted by molar-refractivity contribution is -0.146. The molecule has 48 heavy (non-hydrogen) atoms. The Balaban J connectivity index is 1.49. The number of hydrogen-bond donors (Lipinski definition) is 5. The van der Waals surface area contributed by atoms with Crippen LogP contribution in [0.25, 0.3) is 0 Å². The first-order valence-corrected chi connectivity index (χ1v) is 15.5. The van der Waals surface area contributed by atoms with Crippen molar-refractivity contribution in [1.82, 2.24) is 21.0 Å². The predicted molar refractivity (Wildman–Crippen MR) is 177 cm³/mol. The Labute approximate surface area is 279 Å². The zero-order valence-electron chi connectivity index (χ0n) is 27.6. The molecular formula is C35H41N5O8. The van der Waals surface area contributed by atoms with Crippen LogP contribution in [-0.4, -0.2) is 64.7 Å². The molecule has 0 radical (unpaired) electrons. The van der Waals surface area contributed by atoms with Crippen LogP contribution in [0.1, 0.15) is 79.7 Å². The fourth-order valence-corrected chi connectivity index (χ4v) is 5.00. The van der Waals surface area contributed by atoms with Gasteiger partial charge in [-0.15, -0.1) is 0 Å². The summed E-state index contributed by atoms with van der Waals surface area (Å²) in [6, 6.07) is 17.3. The van der Waals surface area contributed by atoms with E-state index in [9.17, 15) is 24.4 Å². The minimum Gasteiger partial charge on any atom is -0.457 e. The molecule has 3 aromatic rings. The molecule has 1 fully saturated rings. The largest absolute Gasteiger partial charge is 0.457 e. The highest BCUT2D eigenvalue weighted by molar-refractivity contribution is 6.04. The smallest absolute Gasteiger partial charge is 0.407 e. The molecule has 1 aliphatic carbocycles. The second kappa shape index (κ2) is 15.4. The van der Waals surface area contributed by atoms with Gasteiger partial charge in [0.25, 0.3) is 11.8 Å². The summed E-state index contributed by atoms with van der Waals surface area (Å²) < 4.78 is 17.5. The summed E-state index contributed by atoms with van der Waals surface area (Å²) in [5.74, 6) is -0.250. The van der Waals surface area contributed by atoms with E-state index in [-0.39, 0.29) is 45.9 Å². The average Bonchev–Trinajstić information content (AvgIpc) is 3.04. The molecule has 0 saturated heterocycles. The summed E-state index contributed by atoms with van der Waals surface area (Å²) in [5, 5.41) is 26.6. The van der Waals surface area contributed by atoms with Gasteiger partial charge in [-0.1, -0.05) is 0 Å². The third kappa shape index (κ3) is 10.0. The molecule has 0 aromatic heterocycles. The van der Waals surface area contributed by atoms with E-state index in [1.165, 1.54) is 12.1 Å². The number of benzene rings is 3. The Morgan fingerprint density at radius 2 is 1.21 bits per heavy atom. The molecule has 0 atom stereocenters. The molecule has 0 unspecified atom stereocenters. The molecule has 0 aliphatic heterocycles. The van der Waals surface area contributed by atoms with Crippen molar-refractivity contribution < 1.29 is 38.6 Å². The summed E-state index contributed by atoms with van der Waals surface area (Å²) in [7, 11) is 1.54. The molecular weight excluding hydrogens is 618 g/mol. The first-order valence-electron chi connectivity index (χ1n) is 15.5. The molecule has 13 nitrogen and oxygen atoms in total. The maximum absolute atomic E-state index is 13.5. The Morgan fingerprint density at radius 3 is 1.67 bits per heavy atom. The average molecular weight is 660 g/mol. The van der Waals surface area contributed by atoms with Crippen LogP contribution < -0.4 is 25.4 Å². The standard InChI is InChI=1S/C35H41N5O8/c1-21(41)40(45)31(36)22-6-14-27(15-7-22)46-29-18-24(19-30(20-29)47-28-16-8-23(9-17-28)32(42)37-5)33(43)38-25-10-12-26(13-11-25)39-34(44)48-35(2,3)4/h6-9,14-20,25-26,36,45H,10-13H2,1-5H3,(H,37,42)(H,38,43)(H,39,44). The number of hydroxylamine groups is 2. The topological polar surface area (TPSA) is 179 Å². The Kier molecular flexibility index (Phi) is 11.4. The molecule has 4 rings (SSSR count). The molecule has 0 heterocycles. The Bertz CT molecular complexity index is 1640. The van der Waals surface area contributed by atoms with Crippen molar-refractivity contribution in [2.45, 2.75) is 71.1 Å². The number of hydrogen-bond acceptors (Lipinski definition) is 9. The van der Waals surface area contributed by atoms with Crippen molar-refractivity contribution in [2.24, 2.45) is 0 Å². The number of rotatable bonds is 9. The second-order valence-corrected chi connectivity index (χ2v) is 12.4. The number of amides is 4. The van der Waals surface area contributed by atoms with Gasteiger partial charge < -0.3 is 30.2 Å². The molecule has 0 spiro atoms. The van der Waals surface area contributed by atoms with Crippen molar-refractivity contribution in [1.29, 1.82) is 5.41 Å². The maximum atomic E-state index is 13.5. The lowest BCUT2D eigenvalue weighted by Crippen LogP contribution is -2.45. The van der Waals surface area contributed by atoms with Gasteiger partial charge in [-0.25, -0.2) is 4.79 Å². The number of alkyl carbamates (subject to hydrolysis) is 1. The van der Waals surface area contributed by atoms with E-state index in [4.69, 9.17) is 19.6 Å². The van der Waals surface area contributed by atoms with Gasteiger partial charge in [-0.2, -0.15) is 5.06 Å². The van der Waals surface area contributed by atoms with E-state index < -0.39 is 17.6 Å². The summed E-state index contributed by atoms with van der Waals surface area (Å²) in [6.07, 6.45) is 2.24. The summed E-state index contributed by atoms with van der Waals surface area (Å²) >= 11 is 0. The highest BCUT2D eigenvalue weighted by Gasteiger charge is 2.26. The Hall–Kier alpha value is -5.43. The van der Waals surface area contributed by atoms with Gasteiger partial charge in [0, 0.05) is 48.8 Å². The molecule has 0 bridgehead atoms. The van der Waals surface area contributed by atoms with Crippen LogP contribution in [-0.2, 0) is 9.53 Å². The monoisotopic (exact) mass is 659 g/mol. The molecule has 3 aromatic carbocycles. The highest BCUT2D eigenvalue weighted by atomic mass is 16.6. The van der Waals surface area contributed by atoms with E-state index in [0.717, 1.165) is 6.92 Å². The summed E-state index contributed by atoms with van der Waals surface area (Å²) in [6.45, 7) is 6.57. The van der Waals surface area contributed by atoms with E-state index in [1.54, 1.807) is 61.6 Å². The van der Waals surface area contributed by atoms with E-state index in [2.05, 4.69) is 16.0 Å². The molecule has 5 N–H and O–H groups in total. The number of nitrogens with zero attached hydrogens (tertiary/aromatic N) is 1. The van der Waals surface area contributed by atoms with Crippen LogP contribution in [0.15, 0.2) is 66.7 Å². The van der Waals surface area contributed by atoms with E-state index in [1.807, 2.05) is 20.8 Å². The van der Waals surface area contributed by atoms with Crippen LogP contribution in [0.4, 0.5) is 4.79 Å². The van der Waals surface area contributed by atoms with Crippen molar-refractivity contribution in [3.8, 4) is 23.0 Å². The van der Waals surface area contributed by atoms with Crippen molar-refractivity contribution in [3.63, 3.8) is 0 Å². The first-order chi connectivity index (χ1) is 22.7. The molecule has 4 amide bonds. The lowest BCUT2D eigenvalue weighted by Gasteiger charge is -2.30. The first kappa shape index (κ1) is 35.4. The number of carbonyl (C=O) groups excluding carboxylic acids is 4. The zero-order chi connectivity index (χ0) is 35.0. The molecule has 1 saturated carbocycles. The summed E-state index contributed by atoms with van der Waals surface area (Å²) in [4.78, 5) is 49.0. The van der Waals surface area contributed by atoms with Gasteiger partial charge in [-0.05, 0) is 107 Å².